The molecule has 0 aliphatic carbocycles. The molecule has 194 valence electrons. The summed E-state index contributed by atoms with van der Waals surface area (Å²) in [7, 11) is 0. The fourth-order valence-corrected chi connectivity index (χ4v) is 5.64. The Morgan fingerprint density at radius 2 is 1.89 bits per heavy atom. The molecular formula is C27H27Cl2N3O4S. The highest BCUT2D eigenvalue weighted by Crippen LogP contribution is 2.35. The molecule has 1 fully saturated rings. The Balaban J connectivity index is 1.32. The largest absolute Gasteiger partial charge is 0.480 e. The van der Waals surface area contributed by atoms with Crippen LogP contribution in [0.1, 0.15) is 24.0 Å². The zero-order valence-corrected chi connectivity index (χ0v) is 22.5. The van der Waals surface area contributed by atoms with Crippen LogP contribution < -0.4 is 5.32 Å². The average Bonchev–Trinajstić information content (AvgIpc) is 3.31. The molecular weight excluding hydrogens is 533 g/mol. The van der Waals surface area contributed by atoms with Crippen molar-refractivity contribution in [3.05, 3.63) is 69.8 Å². The molecule has 2 aromatic carbocycles. The van der Waals surface area contributed by atoms with Crippen molar-refractivity contribution in [3.63, 3.8) is 0 Å². The molecule has 4 rings (SSSR count). The third kappa shape index (κ3) is 6.32. The highest BCUT2D eigenvalue weighted by Gasteiger charge is 2.30. The SMILES string of the molecule is CSc1ccc(/C=C/C(=O)N2CCC(C(=O)N[C@@H](Cc3c[nH]c4ccccc34)C(=O)O)CC2)c(Cl)c1Cl. The fraction of sp³-hybridized carbons (Fsp3) is 0.296. The van der Waals surface area contributed by atoms with Crippen LogP contribution in [-0.2, 0) is 20.8 Å². The van der Waals surface area contributed by atoms with Crippen LogP contribution in [-0.4, -0.2) is 58.2 Å². The Bertz CT molecular complexity index is 1350. The first kappa shape index (κ1) is 27.1. The zero-order chi connectivity index (χ0) is 26.5. The van der Waals surface area contributed by atoms with Gasteiger partial charge in [-0.1, -0.05) is 47.5 Å². The Kier molecular flexibility index (Phi) is 8.84. The van der Waals surface area contributed by atoms with Crippen LogP contribution in [0.3, 0.4) is 0 Å². The van der Waals surface area contributed by atoms with Gasteiger partial charge in [0.05, 0.1) is 10.0 Å². The number of hydrogen-bond acceptors (Lipinski definition) is 4. The Morgan fingerprint density at radius 1 is 1.16 bits per heavy atom. The molecule has 1 aromatic heterocycles. The second-order valence-electron chi connectivity index (χ2n) is 8.88. The number of aliphatic carboxylic acids is 1. The van der Waals surface area contributed by atoms with Gasteiger partial charge in [0.2, 0.25) is 11.8 Å². The van der Waals surface area contributed by atoms with Crippen molar-refractivity contribution in [2.75, 3.05) is 19.3 Å². The minimum atomic E-state index is -1.08. The van der Waals surface area contributed by atoms with E-state index in [1.165, 1.54) is 17.8 Å². The lowest BCUT2D eigenvalue weighted by molar-refractivity contribution is -0.142. The fourth-order valence-electron chi connectivity index (χ4n) is 4.47. The number of piperidine rings is 1. The zero-order valence-electron chi connectivity index (χ0n) is 20.2. The van der Waals surface area contributed by atoms with E-state index in [0.29, 0.717) is 41.5 Å². The molecule has 1 aliphatic rings. The van der Waals surface area contributed by atoms with Gasteiger partial charge in [0.25, 0.3) is 0 Å². The number of carboxylic acids is 1. The predicted octanol–water partition coefficient (Wildman–Crippen LogP) is 5.26. The predicted molar refractivity (Wildman–Crippen MR) is 148 cm³/mol. The number of carboxylic acid groups (broad SMARTS) is 1. The summed E-state index contributed by atoms with van der Waals surface area (Å²) in [5.74, 6) is -1.92. The Hall–Kier alpha value is -2.94. The molecule has 0 saturated carbocycles. The number of hydrogen-bond donors (Lipinski definition) is 3. The maximum Gasteiger partial charge on any atom is 0.326 e. The second-order valence-corrected chi connectivity index (χ2v) is 10.5. The van der Waals surface area contributed by atoms with Crippen molar-refractivity contribution in [1.82, 2.24) is 15.2 Å². The lowest BCUT2D eigenvalue weighted by Crippen LogP contribution is -2.48. The summed E-state index contributed by atoms with van der Waals surface area (Å²) in [6, 6.07) is 10.3. The van der Waals surface area contributed by atoms with E-state index in [2.05, 4.69) is 10.3 Å². The van der Waals surface area contributed by atoms with Crippen molar-refractivity contribution >= 4 is 69.7 Å². The Labute approximate surface area is 229 Å². The van der Waals surface area contributed by atoms with Gasteiger partial charge >= 0.3 is 5.97 Å². The molecule has 10 heteroatoms. The van der Waals surface area contributed by atoms with Crippen LogP contribution in [0.25, 0.3) is 17.0 Å². The molecule has 3 aromatic rings. The standard InChI is InChI=1S/C27H27Cl2N3O4S/c1-37-22-8-6-16(24(28)25(22)29)7-9-23(33)32-12-10-17(11-13-32)26(34)31-21(27(35)36)14-18-15-30-20-5-3-2-4-19(18)20/h2-9,15,17,21,30H,10-14H2,1H3,(H,31,34)(H,35,36)/b9-7+/t21-/m0/s1. The maximum absolute atomic E-state index is 12.9. The highest BCUT2D eigenvalue weighted by molar-refractivity contribution is 7.98. The van der Waals surface area contributed by atoms with E-state index in [0.717, 1.165) is 21.4 Å². The number of thioether (sulfide) groups is 1. The molecule has 37 heavy (non-hydrogen) atoms. The smallest absolute Gasteiger partial charge is 0.326 e. The lowest BCUT2D eigenvalue weighted by atomic mass is 9.95. The molecule has 0 radical (unpaired) electrons. The Morgan fingerprint density at radius 3 is 2.59 bits per heavy atom. The number of aromatic amines is 1. The molecule has 0 unspecified atom stereocenters. The van der Waals surface area contributed by atoms with Gasteiger partial charge in [-0.2, -0.15) is 0 Å². The minimum absolute atomic E-state index is 0.178. The molecule has 7 nitrogen and oxygen atoms in total. The van der Waals surface area contributed by atoms with Gasteiger partial charge in [-0.15, -0.1) is 11.8 Å². The van der Waals surface area contributed by atoms with Gasteiger partial charge in [-0.05, 0) is 48.4 Å². The van der Waals surface area contributed by atoms with Gasteiger partial charge in [0.1, 0.15) is 6.04 Å². The van der Waals surface area contributed by atoms with E-state index >= 15 is 0 Å². The first-order chi connectivity index (χ1) is 17.8. The summed E-state index contributed by atoms with van der Waals surface area (Å²) in [5, 5.41) is 14.2. The first-order valence-corrected chi connectivity index (χ1v) is 13.8. The summed E-state index contributed by atoms with van der Waals surface area (Å²) in [4.78, 5) is 43.1. The molecule has 1 saturated heterocycles. The van der Waals surface area contributed by atoms with Gasteiger partial charge in [0.15, 0.2) is 0 Å². The summed E-state index contributed by atoms with van der Waals surface area (Å²) < 4.78 is 0. The number of nitrogens with one attached hydrogen (secondary N) is 2. The highest BCUT2D eigenvalue weighted by atomic mass is 35.5. The van der Waals surface area contributed by atoms with Gasteiger partial charge in [0, 0.05) is 53.5 Å². The van der Waals surface area contributed by atoms with Crippen molar-refractivity contribution < 1.29 is 19.5 Å². The molecule has 2 amide bonds. The summed E-state index contributed by atoms with van der Waals surface area (Å²) in [5.41, 5.74) is 2.41. The maximum atomic E-state index is 12.9. The van der Waals surface area contributed by atoms with Crippen LogP contribution in [0.4, 0.5) is 0 Å². The molecule has 0 spiro atoms. The van der Waals surface area contributed by atoms with Crippen LogP contribution in [0.15, 0.2) is 53.6 Å². The van der Waals surface area contributed by atoms with E-state index < -0.39 is 12.0 Å². The quantitative estimate of drug-likeness (QED) is 0.258. The minimum Gasteiger partial charge on any atom is -0.480 e. The third-order valence-corrected chi connectivity index (χ3v) is 8.38. The first-order valence-electron chi connectivity index (χ1n) is 11.9. The van der Waals surface area contributed by atoms with Crippen molar-refractivity contribution in [2.24, 2.45) is 5.92 Å². The average molecular weight is 561 g/mol. The lowest BCUT2D eigenvalue weighted by Gasteiger charge is -2.31. The van der Waals surface area contributed by atoms with E-state index in [1.54, 1.807) is 17.2 Å². The molecule has 1 aliphatic heterocycles. The number of aromatic nitrogens is 1. The van der Waals surface area contributed by atoms with E-state index in [9.17, 15) is 19.5 Å². The third-order valence-electron chi connectivity index (χ3n) is 6.59. The summed E-state index contributed by atoms with van der Waals surface area (Å²) in [6.45, 7) is 0.808. The van der Waals surface area contributed by atoms with Crippen molar-refractivity contribution in [3.8, 4) is 0 Å². The normalized spacial score (nSPS) is 15.3. The van der Waals surface area contributed by atoms with Crippen LogP contribution in [0.5, 0.6) is 0 Å². The van der Waals surface area contributed by atoms with Gasteiger partial charge in [-0.25, -0.2) is 4.79 Å². The number of halogens is 2. The summed E-state index contributed by atoms with van der Waals surface area (Å²) in [6.07, 6.45) is 7.88. The van der Waals surface area contributed by atoms with E-state index in [1.807, 2.05) is 42.7 Å². The van der Waals surface area contributed by atoms with E-state index in [-0.39, 0.29) is 24.2 Å². The number of benzene rings is 2. The number of nitrogens with zero attached hydrogens (tertiary/aromatic N) is 1. The van der Waals surface area contributed by atoms with Crippen molar-refractivity contribution in [1.29, 1.82) is 0 Å². The number of H-pyrrole nitrogens is 1. The molecule has 1 atom stereocenters. The number of fused-ring (bicyclic) bond motifs is 1. The summed E-state index contributed by atoms with van der Waals surface area (Å²) >= 11 is 14.1. The molecule has 2 heterocycles. The second kappa shape index (κ2) is 12.1. The number of carbonyl (C=O) groups is 3. The van der Waals surface area contributed by atoms with E-state index in [4.69, 9.17) is 23.2 Å². The number of para-hydroxylation sites is 1. The number of amides is 2. The monoisotopic (exact) mass is 559 g/mol. The molecule has 0 bridgehead atoms. The topological polar surface area (TPSA) is 103 Å². The van der Waals surface area contributed by atoms with Crippen LogP contribution >= 0.6 is 35.0 Å². The number of likely N-dealkylation sites (tertiary alicyclic amines) is 1. The van der Waals surface area contributed by atoms with Gasteiger partial charge in [-0.3, -0.25) is 9.59 Å². The molecule has 3 N–H and O–H groups in total. The number of carbonyl (C=O) groups excluding carboxylic acids is 2. The van der Waals surface area contributed by atoms with Crippen molar-refractivity contribution in [2.45, 2.75) is 30.2 Å². The number of rotatable bonds is 8. The van der Waals surface area contributed by atoms with Crippen LogP contribution in [0, 0.1) is 5.92 Å². The van der Waals surface area contributed by atoms with Gasteiger partial charge < -0.3 is 20.3 Å². The van der Waals surface area contributed by atoms with Crippen LogP contribution in [0.2, 0.25) is 10.0 Å².